The molecule has 0 radical (unpaired) electrons. The van der Waals surface area contributed by atoms with Crippen LogP contribution in [0.25, 0.3) is 0 Å². The molecule has 20 heteroatoms. The predicted molar refractivity (Wildman–Crippen MR) is 239 cm³/mol. The molecule has 0 bridgehead atoms. The van der Waals surface area contributed by atoms with Gasteiger partial charge in [-0.2, -0.15) is 0 Å². The average Bonchev–Trinajstić information content (AvgIpc) is 3.11. The van der Waals surface area contributed by atoms with Gasteiger partial charge in [-0.25, -0.2) is 28.0 Å². The Bertz CT molecular complexity index is 2100. The van der Waals surface area contributed by atoms with Gasteiger partial charge in [0.25, 0.3) is 5.91 Å². The van der Waals surface area contributed by atoms with Gasteiger partial charge in [-0.3, -0.25) is 15.4 Å². The first-order valence-corrected chi connectivity index (χ1v) is 21.0. The van der Waals surface area contributed by atoms with E-state index in [0.29, 0.717) is 31.9 Å². The molecule has 0 atom stereocenters. The van der Waals surface area contributed by atoms with Crippen molar-refractivity contribution in [3.8, 4) is 0 Å². The number of aliphatic imine (C=N–C) groups is 2. The minimum Gasteiger partial charge on any atom is -0.444 e. The number of nitrogens with one attached hydrogen (secondary N) is 3. The van der Waals surface area contributed by atoms with Crippen LogP contribution in [0.2, 0.25) is 0 Å². The quantitative estimate of drug-likeness (QED) is 0.156. The van der Waals surface area contributed by atoms with E-state index in [2.05, 4.69) is 30.8 Å². The summed E-state index contributed by atoms with van der Waals surface area (Å²) in [5, 5.41) is 7.70. The number of rotatable bonds is 4. The molecule has 2 aromatic rings. The van der Waals surface area contributed by atoms with Gasteiger partial charge in [0, 0.05) is 69.4 Å². The summed E-state index contributed by atoms with van der Waals surface area (Å²) >= 11 is 0. The monoisotopic (exact) mass is 899 g/mol. The summed E-state index contributed by atoms with van der Waals surface area (Å²) < 4.78 is 52.6. The van der Waals surface area contributed by atoms with Gasteiger partial charge in [0.1, 0.15) is 39.6 Å². The standard InChI is InChI=1S/C44H63F2N9O9/c1-27-24-28(14-15-32(27)53-18-22-55(23-19-53)36(50-39(59)63-43(8,9)10)51-40(60)64-44(11,12)13)47-34(56)33-30(45)25-29(26-31(33)46)52-16-20-54(21-17-52)35(48-37(57)61-41(2,3)4)49-38(58)62-42(5,6)7/h14-15,24-26H,16-23H2,1-13H3,(H,47,56)(H,48,49,57,58)(H,50,51,59,60). The molecule has 0 saturated carbocycles. The molecule has 352 valence electrons. The number of nitrogens with zero attached hydrogens (tertiary/aromatic N) is 6. The van der Waals surface area contributed by atoms with Crippen LogP contribution in [0.4, 0.5) is 45.0 Å². The molecular weight excluding hydrogens is 837 g/mol. The molecule has 18 nitrogen and oxygen atoms in total. The zero-order chi connectivity index (χ0) is 47.9. The second-order valence-electron chi connectivity index (χ2n) is 19.3. The lowest BCUT2D eigenvalue weighted by molar-refractivity contribution is 0.0535. The molecular formula is C44H63F2N9O9. The summed E-state index contributed by atoms with van der Waals surface area (Å²) in [6, 6.07) is 7.29. The van der Waals surface area contributed by atoms with E-state index in [9.17, 15) is 24.0 Å². The van der Waals surface area contributed by atoms with E-state index in [1.54, 1.807) is 116 Å². The normalized spacial score (nSPS) is 15.6. The zero-order valence-electron chi connectivity index (χ0n) is 39.2. The fourth-order valence-corrected chi connectivity index (χ4v) is 6.46. The fourth-order valence-electron chi connectivity index (χ4n) is 6.46. The molecule has 4 rings (SSSR count). The van der Waals surface area contributed by atoms with E-state index in [-0.39, 0.29) is 43.8 Å². The first kappa shape index (κ1) is 50.4. The van der Waals surface area contributed by atoms with Crippen molar-refractivity contribution in [3.05, 3.63) is 53.1 Å². The highest BCUT2D eigenvalue weighted by atomic mass is 19.1. The molecule has 0 unspecified atom stereocenters. The van der Waals surface area contributed by atoms with Crippen LogP contribution in [0.3, 0.4) is 0 Å². The molecule has 2 aromatic carbocycles. The summed E-state index contributed by atoms with van der Waals surface area (Å²) in [7, 11) is 0. The van der Waals surface area contributed by atoms with Gasteiger partial charge in [0.15, 0.2) is 0 Å². The molecule has 2 aliphatic heterocycles. The van der Waals surface area contributed by atoms with Crippen LogP contribution in [0.5, 0.6) is 0 Å². The number of hydrogen-bond donors (Lipinski definition) is 3. The Morgan fingerprint density at radius 1 is 0.562 bits per heavy atom. The number of guanidine groups is 2. The van der Waals surface area contributed by atoms with Gasteiger partial charge in [-0.1, -0.05) is 0 Å². The third-order valence-corrected chi connectivity index (χ3v) is 8.98. The van der Waals surface area contributed by atoms with Gasteiger partial charge in [0.2, 0.25) is 11.9 Å². The number of anilines is 3. The summed E-state index contributed by atoms with van der Waals surface area (Å²) in [4.78, 5) is 79.0. The lowest BCUT2D eigenvalue weighted by Gasteiger charge is -2.38. The van der Waals surface area contributed by atoms with Gasteiger partial charge >= 0.3 is 24.4 Å². The number of aryl methyl sites for hydroxylation is 1. The van der Waals surface area contributed by atoms with Crippen LogP contribution < -0.4 is 25.8 Å². The third-order valence-electron chi connectivity index (χ3n) is 8.98. The van der Waals surface area contributed by atoms with Gasteiger partial charge < -0.3 is 43.9 Å². The molecule has 0 aromatic heterocycles. The highest BCUT2D eigenvalue weighted by Gasteiger charge is 2.30. The maximum absolute atomic E-state index is 15.6. The third kappa shape index (κ3) is 15.9. The minimum atomic E-state index is -1.06. The molecule has 3 N–H and O–H groups in total. The largest absolute Gasteiger partial charge is 0.444 e. The lowest BCUT2D eigenvalue weighted by atomic mass is 10.1. The first-order chi connectivity index (χ1) is 29.4. The smallest absolute Gasteiger partial charge is 0.437 e. The van der Waals surface area contributed by atoms with Gasteiger partial charge in [0.05, 0.1) is 0 Å². The van der Waals surface area contributed by atoms with Crippen LogP contribution in [-0.2, 0) is 18.9 Å². The van der Waals surface area contributed by atoms with Crippen molar-refractivity contribution in [2.24, 2.45) is 9.98 Å². The molecule has 5 amide bonds. The number of hydrogen-bond acceptors (Lipinski definition) is 11. The molecule has 2 heterocycles. The molecule has 2 aliphatic rings. The maximum Gasteiger partial charge on any atom is 0.437 e. The number of ether oxygens (including phenoxy) is 4. The Labute approximate surface area is 373 Å². The zero-order valence-corrected chi connectivity index (χ0v) is 39.2. The van der Waals surface area contributed by atoms with E-state index < -0.39 is 69.9 Å². The fraction of sp³-hybridized carbons (Fsp3) is 0.568. The van der Waals surface area contributed by atoms with Crippen molar-refractivity contribution in [1.82, 2.24) is 20.4 Å². The predicted octanol–water partition coefficient (Wildman–Crippen LogP) is 7.40. The number of amides is 5. The number of piperazine rings is 2. The van der Waals surface area contributed by atoms with Crippen LogP contribution in [0.15, 0.2) is 40.3 Å². The summed E-state index contributed by atoms with van der Waals surface area (Å²) in [5.74, 6) is -3.19. The number of alkyl carbamates (subject to hydrolysis) is 2. The van der Waals surface area contributed by atoms with E-state index in [1.807, 2.05) is 6.92 Å². The van der Waals surface area contributed by atoms with Crippen molar-refractivity contribution >= 4 is 59.3 Å². The molecule has 2 saturated heterocycles. The van der Waals surface area contributed by atoms with Gasteiger partial charge in [-0.15, -0.1) is 9.98 Å². The number of halogens is 2. The molecule has 2 fully saturated rings. The van der Waals surface area contributed by atoms with E-state index in [0.717, 1.165) is 23.4 Å². The Morgan fingerprint density at radius 2 is 0.953 bits per heavy atom. The molecule has 0 aliphatic carbocycles. The Hall–Kier alpha value is -6.21. The topological polar surface area (TPSA) is 196 Å². The second kappa shape index (κ2) is 20.1. The van der Waals surface area contributed by atoms with E-state index in [4.69, 9.17) is 18.9 Å². The summed E-state index contributed by atoms with van der Waals surface area (Å²) in [6.07, 6.45) is -3.39. The minimum absolute atomic E-state index is 0.00148. The summed E-state index contributed by atoms with van der Waals surface area (Å²) in [5.41, 5.74) is -1.86. The lowest BCUT2D eigenvalue weighted by Crippen LogP contribution is -2.54. The van der Waals surface area contributed by atoms with Crippen molar-refractivity contribution in [2.75, 3.05) is 67.5 Å². The number of benzene rings is 2. The van der Waals surface area contributed by atoms with E-state index >= 15 is 8.78 Å². The van der Waals surface area contributed by atoms with Crippen LogP contribution in [-0.4, -0.2) is 127 Å². The van der Waals surface area contributed by atoms with Crippen LogP contribution >= 0.6 is 0 Å². The van der Waals surface area contributed by atoms with Crippen molar-refractivity contribution < 1.29 is 51.7 Å². The van der Waals surface area contributed by atoms with Crippen molar-refractivity contribution in [1.29, 1.82) is 0 Å². The number of carbonyl (C=O) groups excluding carboxylic acids is 5. The summed E-state index contributed by atoms with van der Waals surface area (Å²) in [6.45, 7) is 24.7. The van der Waals surface area contributed by atoms with Crippen LogP contribution in [0.1, 0.15) is 99.0 Å². The average molecular weight is 900 g/mol. The molecule has 0 spiro atoms. The second-order valence-corrected chi connectivity index (χ2v) is 19.3. The van der Waals surface area contributed by atoms with Crippen molar-refractivity contribution in [2.45, 2.75) is 112 Å². The Kier molecular flexibility index (Phi) is 15.8. The highest BCUT2D eigenvalue weighted by molar-refractivity contribution is 6.05. The highest BCUT2D eigenvalue weighted by Crippen LogP contribution is 2.28. The number of carbonyl (C=O) groups is 5. The molecule has 64 heavy (non-hydrogen) atoms. The SMILES string of the molecule is Cc1cc(NC(=O)c2c(F)cc(N3CCN(/C(=N/C(=O)OC(C)(C)C)NC(=O)OC(C)(C)C)CC3)cc2F)ccc1N1CCN(/C(=N/C(=O)OC(C)(C)C)NC(=O)OC(C)(C)C)CC1. The van der Waals surface area contributed by atoms with E-state index in [1.165, 1.54) is 0 Å². The van der Waals surface area contributed by atoms with Crippen LogP contribution in [0, 0.1) is 18.6 Å². The van der Waals surface area contributed by atoms with Crippen molar-refractivity contribution in [3.63, 3.8) is 0 Å². The first-order valence-electron chi connectivity index (χ1n) is 21.0. The Morgan fingerprint density at radius 3 is 1.33 bits per heavy atom. The maximum atomic E-state index is 15.6. The van der Waals surface area contributed by atoms with Gasteiger partial charge in [-0.05, 0) is 126 Å². The Balaban J connectivity index is 1.40.